The summed E-state index contributed by atoms with van der Waals surface area (Å²) in [6.45, 7) is 3.69. The molecule has 16 heavy (non-hydrogen) atoms. The normalized spacial score (nSPS) is 14.1. The standard InChI is InChI=1S/C11H16N2O3/c1-3-7(2)9(11(15)16)13-10(14)8-5-4-6-12-8/h4-7,9,12H,3H2,1-2H3,(H,13,14)(H,15,16)/t7?,9-/m0/s1. The highest BCUT2D eigenvalue weighted by Crippen LogP contribution is 2.08. The van der Waals surface area contributed by atoms with Crippen molar-refractivity contribution in [3.05, 3.63) is 24.0 Å². The minimum Gasteiger partial charge on any atom is -0.480 e. The fourth-order valence-corrected chi connectivity index (χ4v) is 1.37. The molecule has 0 radical (unpaired) electrons. The average molecular weight is 224 g/mol. The molecule has 0 bridgehead atoms. The smallest absolute Gasteiger partial charge is 0.326 e. The zero-order valence-electron chi connectivity index (χ0n) is 9.36. The van der Waals surface area contributed by atoms with Gasteiger partial charge in [-0.05, 0) is 18.1 Å². The molecule has 3 N–H and O–H groups in total. The lowest BCUT2D eigenvalue weighted by molar-refractivity contribution is -0.140. The number of aromatic amines is 1. The summed E-state index contributed by atoms with van der Waals surface area (Å²) >= 11 is 0. The zero-order valence-corrected chi connectivity index (χ0v) is 9.36. The molecule has 5 heteroatoms. The number of carboxylic acid groups (broad SMARTS) is 1. The van der Waals surface area contributed by atoms with Gasteiger partial charge in [0.05, 0.1) is 0 Å². The van der Waals surface area contributed by atoms with Gasteiger partial charge in [0, 0.05) is 6.20 Å². The van der Waals surface area contributed by atoms with Gasteiger partial charge < -0.3 is 15.4 Å². The molecule has 0 aliphatic carbocycles. The fourth-order valence-electron chi connectivity index (χ4n) is 1.37. The van der Waals surface area contributed by atoms with Gasteiger partial charge in [-0.2, -0.15) is 0 Å². The fraction of sp³-hybridized carbons (Fsp3) is 0.455. The Balaban J connectivity index is 2.69. The molecular formula is C11H16N2O3. The van der Waals surface area contributed by atoms with Crippen LogP contribution in [0.25, 0.3) is 0 Å². The van der Waals surface area contributed by atoms with Gasteiger partial charge in [-0.15, -0.1) is 0 Å². The van der Waals surface area contributed by atoms with Gasteiger partial charge in [0.1, 0.15) is 11.7 Å². The highest BCUT2D eigenvalue weighted by molar-refractivity contribution is 5.95. The van der Waals surface area contributed by atoms with E-state index in [9.17, 15) is 9.59 Å². The van der Waals surface area contributed by atoms with Crippen LogP contribution in [0.15, 0.2) is 18.3 Å². The van der Waals surface area contributed by atoms with Crippen molar-refractivity contribution >= 4 is 11.9 Å². The van der Waals surface area contributed by atoms with Crippen molar-refractivity contribution in [2.75, 3.05) is 0 Å². The molecule has 0 aliphatic heterocycles. The summed E-state index contributed by atoms with van der Waals surface area (Å²) in [5.74, 6) is -1.50. The van der Waals surface area contributed by atoms with E-state index in [-0.39, 0.29) is 5.92 Å². The second kappa shape index (κ2) is 5.34. The van der Waals surface area contributed by atoms with Gasteiger partial charge >= 0.3 is 5.97 Å². The highest BCUT2D eigenvalue weighted by Gasteiger charge is 2.25. The molecule has 0 aromatic carbocycles. The highest BCUT2D eigenvalue weighted by atomic mass is 16.4. The summed E-state index contributed by atoms with van der Waals surface area (Å²) < 4.78 is 0. The molecule has 1 aromatic heterocycles. The van der Waals surface area contributed by atoms with Crippen LogP contribution in [0.2, 0.25) is 0 Å². The van der Waals surface area contributed by atoms with Crippen LogP contribution in [0.3, 0.4) is 0 Å². The van der Waals surface area contributed by atoms with Crippen molar-refractivity contribution < 1.29 is 14.7 Å². The lowest BCUT2D eigenvalue weighted by Crippen LogP contribution is -2.45. The molecule has 1 heterocycles. The van der Waals surface area contributed by atoms with E-state index in [0.717, 1.165) is 0 Å². The number of hydrogen-bond donors (Lipinski definition) is 3. The van der Waals surface area contributed by atoms with Crippen LogP contribution >= 0.6 is 0 Å². The SMILES string of the molecule is CCC(C)[C@H](NC(=O)c1ccc[nH]1)C(=O)O. The molecule has 0 saturated heterocycles. The molecule has 88 valence electrons. The number of nitrogens with one attached hydrogen (secondary N) is 2. The predicted octanol–water partition coefficient (Wildman–Crippen LogP) is 1.24. The summed E-state index contributed by atoms with van der Waals surface area (Å²) in [5, 5.41) is 11.5. The van der Waals surface area contributed by atoms with E-state index in [1.54, 1.807) is 25.3 Å². The first-order valence-corrected chi connectivity index (χ1v) is 5.23. The first kappa shape index (κ1) is 12.3. The minimum absolute atomic E-state index is 0.101. The maximum atomic E-state index is 11.6. The van der Waals surface area contributed by atoms with Crippen LogP contribution in [0, 0.1) is 5.92 Å². The Kier molecular flexibility index (Phi) is 4.10. The molecule has 2 atom stereocenters. The monoisotopic (exact) mass is 224 g/mol. The Labute approximate surface area is 93.9 Å². The number of H-pyrrole nitrogens is 1. The molecule has 1 aromatic rings. The second-order valence-electron chi connectivity index (χ2n) is 3.76. The average Bonchev–Trinajstić information content (AvgIpc) is 2.77. The number of carbonyl (C=O) groups excluding carboxylic acids is 1. The molecular weight excluding hydrogens is 208 g/mol. The molecule has 1 unspecified atom stereocenters. The second-order valence-corrected chi connectivity index (χ2v) is 3.76. The van der Waals surface area contributed by atoms with Gasteiger partial charge in [0.15, 0.2) is 0 Å². The third kappa shape index (κ3) is 2.85. The van der Waals surface area contributed by atoms with Gasteiger partial charge in [-0.25, -0.2) is 4.79 Å². The van der Waals surface area contributed by atoms with E-state index in [1.807, 2.05) is 6.92 Å². The van der Waals surface area contributed by atoms with Crippen molar-refractivity contribution in [3.63, 3.8) is 0 Å². The number of carbonyl (C=O) groups is 2. The molecule has 1 rings (SSSR count). The summed E-state index contributed by atoms with van der Waals surface area (Å²) in [5.41, 5.74) is 0.370. The van der Waals surface area contributed by atoms with Crippen LogP contribution in [0.5, 0.6) is 0 Å². The number of amides is 1. The number of rotatable bonds is 5. The lowest BCUT2D eigenvalue weighted by Gasteiger charge is -2.19. The Bertz CT molecular complexity index is 359. The van der Waals surface area contributed by atoms with Gasteiger partial charge in [-0.3, -0.25) is 4.79 Å². The number of hydrogen-bond acceptors (Lipinski definition) is 2. The molecule has 0 spiro atoms. The van der Waals surface area contributed by atoms with E-state index < -0.39 is 17.9 Å². The Morgan fingerprint density at radius 2 is 2.25 bits per heavy atom. The van der Waals surface area contributed by atoms with Gasteiger partial charge in [-0.1, -0.05) is 20.3 Å². The van der Waals surface area contributed by atoms with Crippen molar-refractivity contribution in [1.29, 1.82) is 0 Å². The van der Waals surface area contributed by atoms with Crippen LogP contribution < -0.4 is 5.32 Å². The summed E-state index contributed by atoms with van der Waals surface area (Å²) in [4.78, 5) is 25.3. The Morgan fingerprint density at radius 1 is 1.56 bits per heavy atom. The lowest BCUT2D eigenvalue weighted by atomic mass is 9.99. The Morgan fingerprint density at radius 3 is 2.69 bits per heavy atom. The molecule has 0 saturated carbocycles. The summed E-state index contributed by atoms with van der Waals surface area (Å²) in [7, 11) is 0. The number of aromatic nitrogens is 1. The van der Waals surface area contributed by atoms with Crippen LogP contribution in [0.1, 0.15) is 30.8 Å². The first-order chi connectivity index (χ1) is 7.56. The molecule has 0 aliphatic rings. The van der Waals surface area contributed by atoms with E-state index in [4.69, 9.17) is 5.11 Å². The summed E-state index contributed by atoms with van der Waals surface area (Å²) in [6.07, 6.45) is 2.32. The van der Waals surface area contributed by atoms with E-state index in [1.165, 1.54) is 0 Å². The Hall–Kier alpha value is -1.78. The van der Waals surface area contributed by atoms with E-state index >= 15 is 0 Å². The van der Waals surface area contributed by atoms with Crippen LogP contribution in [-0.2, 0) is 4.79 Å². The quantitative estimate of drug-likeness (QED) is 0.703. The summed E-state index contributed by atoms with van der Waals surface area (Å²) in [6, 6.07) is 2.44. The maximum Gasteiger partial charge on any atom is 0.326 e. The molecule has 5 nitrogen and oxygen atoms in total. The topological polar surface area (TPSA) is 82.2 Å². The van der Waals surface area contributed by atoms with Gasteiger partial charge in [0.25, 0.3) is 5.91 Å². The number of aliphatic carboxylic acids is 1. The van der Waals surface area contributed by atoms with Crippen molar-refractivity contribution in [1.82, 2.24) is 10.3 Å². The van der Waals surface area contributed by atoms with Gasteiger partial charge in [0.2, 0.25) is 0 Å². The first-order valence-electron chi connectivity index (χ1n) is 5.23. The van der Waals surface area contributed by atoms with Crippen LogP contribution in [0.4, 0.5) is 0 Å². The van der Waals surface area contributed by atoms with Crippen molar-refractivity contribution in [2.24, 2.45) is 5.92 Å². The third-order valence-electron chi connectivity index (χ3n) is 2.61. The van der Waals surface area contributed by atoms with E-state index in [2.05, 4.69) is 10.3 Å². The third-order valence-corrected chi connectivity index (χ3v) is 2.61. The largest absolute Gasteiger partial charge is 0.480 e. The van der Waals surface area contributed by atoms with Crippen molar-refractivity contribution in [2.45, 2.75) is 26.3 Å². The number of carboxylic acids is 1. The maximum absolute atomic E-state index is 11.6. The molecule has 1 amide bonds. The van der Waals surface area contributed by atoms with E-state index in [0.29, 0.717) is 12.1 Å². The van der Waals surface area contributed by atoms with Crippen LogP contribution in [-0.4, -0.2) is 28.0 Å². The van der Waals surface area contributed by atoms with Crippen molar-refractivity contribution in [3.8, 4) is 0 Å². The molecule has 0 fully saturated rings. The minimum atomic E-state index is -1.01. The zero-order chi connectivity index (χ0) is 12.1. The predicted molar refractivity (Wildman–Crippen MR) is 59.1 cm³/mol.